The number of nitrogens with one attached hydrogen (secondary N) is 1. The number of hydrogen-bond acceptors (Lipinski definition) is 2. The molecule has 2 rings (SSSR count). The second kappa shape index (κ2) is 6.38. The normalized spacial score (nSPS) is 29.8. The van der Waals surface area contributed by atoms with Gasteiger partial charge in [0.1, 0.15) is 0 Å². The first-order valence-electron chi connectivity index (χ1n) is 8.10. The molecule has 0 aromatic rings. The van der Waals surface area contributed by atoms with Crippen LogP contribution in [0.5, 0.6) is 0 Å². The van der Waals surface area contributed by atoms with Crippen molar-refractivity contribution in [2.75, 3.05) is 19.6 Å². The molecule has 1 heterocycles. The van der Waals surface area contributed by atoms with Crippen LogP contribution in [-0.2, 0) is 0 Å². The second-order valence-corrected chi connectivity index (χ2v) is 6.99. The van der Waals surface area contributed by atoms with Crippen molar-refractivity contribution in [3.63, 3.8) is 0 Å². The minimum Gasteiger partial charge on any atom is -0.313 e. The van der Waals surface area contributed by atoms with Gasteiger partial charge in [0, 0.05) is 25.2 Å². The molecule has 1 saturated heterocycles. The Bertz CT molecular complexity index is 249. The molecule has 0 radical (unpaired) electrons. The van der Waals surface area contributed by atoms with Gasteiger partial charge in [-0.3, -0.25) is 0 Å². The van der Waals surface area contributed by atoms with E-state index in [1.54, 1.807) is 0 Å². The molecule has 2 nitrogen and oxygen atoms in total. The number of nitrogens with zero attached hydrogens (tertiary/aromatic N) is 1. The molecule has 1 saturated carbocycles. The molecular formula is C16H32N2. The van der Waals surface area contributed by atoms with E-state index < -0.39 is 0 Å². The molecule has 2 fully saturated rings. The van der Waals surface area contributed by atoms with Crippen LogP contribution in [0.2, 0.25) is 0 Å². The Labute approximate surface area is 114 Å². The van der Waals surface area contributed by atoms with Crippen molar-refractivity contribution in [3.8, 4) is 0 Å². The first kappa shape index (κ1) is 14.3. The van der Waals surface area contributed by atoms with Crippen molar-refractivity contribution in [1.29, 1.82) is 0 Å². The third-order valence-electron chi connectivity index (χ3n) is 5.02. The van der Waals surface area contributed by atoms with Gasteiger partial charge in [-0.2, -0.15) is 0 Å². The largest absolute Gasteiger partial charge is 0.313 e. The lowest BCUT2D eigenvalue weighted by molar-refractivity contribution is 0.122. The van der Waals surface area contributed by atoms with E-state index in [1.807, 2.05) is 0 Å². The SMILES string of the molecule is CCC(C)(CNC1CC1)CN1CCCCCC1C. The van der Waals surface area contributed by atoms with E-state index in [1.165, 1.54) is 64.6 Å². The van der Waals surface area contributed by atoms with Crippen molar-refractivity contribution in [2.45, 2.75) is 77.8 Å². The minimum absolute atomic E-state index is 0.460. The van der Waals surface area contributed by atoms with Gasteiger partial charge in [0.2, 0.25) is 0 Å². The number of likely N-dealkylation sites (tertiary alicyclic amines) is 1. The molecule has 0 aromatic heterocycles. The number of hydrogen-bond donors (Lipinski definition) is 1. The Morgan fingerprint density at radius 1 is 1.17 bits per heavy atom. The summed E-state index contributed by atoms with van der Waals surface area (Å²) < 4.78 is 0. The van der Waals surface area contributed by atoms with Gasteiger partial charge in [0.15, 0.2) is 0 Å². The van der Waals surface area contributed by atoms with E-state index in [4.69, 9.17) is 0 Å². The van der Waals surface area contributed by atoms with Gasteiger partial charge in [-0.05, 0) is 51.0 Å². The molecule has 1 N–H and O–H groups in total. The van der Waals surface area contributed by atoms with Gasteiger partial charge in [-0.1, -0.05) is 26.7 Å². The maximum Gasteiger partial charge on any atom is 0.00684 e. The third kappa shape index (κ3) is 4.24. The lowest BCUT2D eigenvalue weighted by Gasteiger charge is -2.37. The molecule has 0 bridgehead atoms. The summed E-state index contributed by atoms with van der Waals surface area (Å²) in [5.41, 5.74) is 0.460. The Balaban J connectivity index is 1.85. The van der Waals surface area contributed by atoms with Crippen LogP contribution >= 0.6 is 0 Å². The van der Waals surface area contributed by atoms with E-state index >= 15 is 0 Å². The lowest BCUT2D eigenvalue weighted by atomic mass is 9.86. The van der Waals surface area contributed by atoms with Crippen molar-refractivity contribution in [2.24, 2.45) is 5.41 Å². The molecule has 1 aliphatic carbocycles. The van der Waals surface area contributed by atoms with E-state index in [0.717, 1.165) is 12.1 Å². The Morgan fingerprint density at radius 2 is 1.94 bits per heavy atom. The van der Waals surface area contributed by atoms with Crippen LogP contribution in [0.1, 0.15) is 65.7 Å². The Hall–Kier alpha value is -0.0800. The summed E-state index contributed by atoms with van der Waals surface area (Å²) >= 11 is 0. The predicted molar refractivity (Wildman–Crippen MR) is 78.9 cm³/mol. The highest BCUT2D eigenvalue weighted by atomic mass is 15.2. The average molecular weight is 252 g/mol. The summed E-state index contributed by atoms with van der Waals surface area (Å²) in [4.78, 5) is 2.76. The molecule has 2 unspecified atom stereocenters. The molecule has 1 aliphatic heterocycles. The van der Waals surface area contributed by atoms with Crippen molar-refractivity contribution in [1.82, 2.24) is 10.2 Å². The van der Waals surface area contributed by atoms with Gasteiger partial charge >= 0.3 is 0 Å². The zero-order valence-electron chi connectivity index (χ0n) is 12.7. The summed E-state index contributed by atoms with van der Waals surface area (Å²) in [6.45, 7) is 11.1. The van der Waals surface area contributed by atoms with Gasteiger partial charge < -0.3 is 10.2 Å². The molecule has 18 heavy (non-hydrogen) atoms. The summed E-state index contributed by atoms with van der Waals surface area (Å²) in [5.74, 6) is 0. The summed E-state index contributed by atoms with van der Waals surface area (Å²) in [6, 6.07) is 1.64. The quantitative estimate of drug-likeness (QED) is 0.779. The van der Waals surface area contributed by atoms with Crippen LogP contribution < -0.4 is 5.32 Å². The maximum absolute atomic E-state index is 3.74. The standard InChI is InChI=1S/C16H32N2/c1-4-16(3,12-17-15-9-10-15)13-18-11-7-5-6-8-14(18)2/h14-15,17H,4-13H2,1-3H3. The molecule has 2 heteroatoms. The zero-order valence-corrected chi connectivity index (χ0v) is 12.7. The fraction of sp³-hybridized carbons (Fsp3) is 1.00. The highest BCUT2D eigenvalue weighted by Gasteiger charge is 2.30. The summed E-state index contributed by atoms with van der Waals surface area (Å²) in [7, 11) is 0. The van der Waals surface area contributed by atoms with Crippen LogP contribution in [0.15, 0.2) is 0 Å². The highest BCUT2D eigenvalue weighted by Crippen LogP contribution is 2.28. The van der Waals surface area contributed by atoms with Gasteiger partial charge in [-0.25, -0.2) is 0 Å². The molecule has 0 amide bonds. The zero-order chi connectivity index (χ0) is 13.0. The second-order valence-electron chi connectivity index (χ2n) is 6.99. The van der Waals surface area contributed by atoms with Gasteiger partial charge in [0.05, 0.1) is 0 Å². The van der Waals surface area contributed by atoms with Crippen LogP contribution in [0.25, 0.3) is 0 Å². The molecule has 106 valence electrons. The van der Waals surface area contributed by atoms with E-state index in [0.29, 0.717) is 5.41 Å². The number of rotatable bonds is 6. The fourth-order valence-electron chi connectivity index (χ4n) is 3.03. The predicted octanol–water partition coefficient (Wildman–Crippen LogP) is 3.42. The van der Waals surface area contributed by atoms with Gasteiger partial charge in [0.25, 0.3) is 0 Å². The lowest BCUT2D eigenvalue weighted by Crippen LogP contribution is -2.45. The summed E-state index contributed by atoms with van der Waals surface area (Å²) in [6.07, 6.45) is 9.76. The highest BCUT2D eigenvalue weighted by molar-refractivity contribution is 4.88. The Morgan fingerprint density at radius 3 is 2.61 bits per heavy atom. The van der Waals surface area contributed by atoms with Crippen LogP contribution in [0, 0.1) is 5.41 Å². The molecular weight excluding hydrogens is 220 g/mol. The van der Waals surface area contributed by atoms with Crippen LogP contribution in [-0.4, -0.2) is 36.6 Å². The van der Waals surface area contributed by atoms with Crippen molar-refractivity contribution < 1.29 is 0 Å². The smallest absolute Gasteiger partial charge is 0.00684 e. The average Bonchev–Trinajstić information content (AvgIpc) is 3.18. The van der Waals surface area contributed by atoms with Crippen LogP contribution in [0.3, 0.4) is 0 Å². The first-order valence-corrected chi connectivity index (χ1v) is 8.10. The molecule has 0 aromatic carbocycles. The third-order valence-corrected chi connectivity index (χ3v) is 5.02. The van der Waals surface area contributed by atoms with E-state index in [2.05, 4.69) is 31.0 Å². The monoisotopic (exact) mass is 252 g/mol. The minimum atomic E-state index is 0.460. The van der Waals surface area contributed by atoms with Crippen molar-refractivity contribution >= 4 is 0 Å². The van der Waals surface area contributed by atoms with Crippen molar-refractivity contribution in [3.05, 3.63) is 0 Å². The fourth-order valence-corrected chi connectivity index (χ4v) is 3.03. The maximum atomic E-state index is 3.74. The molecule has 2 atom stereocenters. The van der Waals surface area contributed by atoms with E-state index in [-0.39, 0.29) is 0 Å². The van der Waals surface area contributed by atoms with Gasteiger partial charge in [-0.15, -0.1) is 0 Å². The van der Waals surface area contributed by atoms with Crippen LogP contribution in [0.4, 0.5) is 0 Å². The van der Waals surface area contributed by atoms with E-state index in [9.17, 15) is 0 Å². The molecule has 2 aliphatic rings. The topological polar surface area (TPSA) is 15.3 Å². The Kier molecular flexibility index (Phi) is 5.08. The molecule has 0 spiro atoms. The summed E-state index contributed by atoms with van der Waals surface area (Å²) in [5, 5.41) is 3.74. The first-order chi connectivity index (χ1) is 8.63.